The Balaban J connectivity index is 2.05. The van der Waals surface area contributed by atoms with E-state index < -0.39 is 10.0 Å². The number of rotatable bonds is 8. The molecular formula is C15H20ClNO3S. The van der Waals surface area contributed by atoms with Crippen LogP contribution in [0.25, 0.3) is 6.08 Å². The summed E-state index contributed by atoms with van der Waals surface area (Å²) in [6.07, 6.45) is 4.74. The zero-order valence-electron chi connectivity index (χ0n) is 11.8. The van der Waals surface area contributed by atoms with Crippen LogP contribution in [0.2, 0.25) is 5.02 Å². The number of sulfonamides is 1. The largest absolute Gasteiger partial charge is 0.396 e. The molecule has 21 heavy (non-hydrogen) atoms. The lowest BCUT2D eigenvalue weighted by Crippen LogP contribution is -2.32. The summed E-state index contributed by atoms with van der Waals surface area (Å²) in [7, 11) is -3.41. The number of unbranched alkanes of at least 4 members (excludes halogenated alkanes) is 1. The lowest BCUT2D eigenvalue weighted by Gasteiger charge is -2.19. The van der Waals surface area contributed by atoms with Crippen molar-refractivity contribution in [1.29, 1.82) is 0 Å². The fourth-order valence-corrected chi connectivity index (χ4v) is 3.70. The monoisotopic (exact) mass is 329 g/mol. The molecule has 1 N–H and O–H groups in total. The molecule has 4 nitrogen and oxygen atoms in total. The van der Waals surface area contributed by atoms with Gasteiger partial charge < -0.3 is 5.11 Å². The van der Waals surface area contributed by atoms with Gasteiger partial charge in [-0.3, -0.25) is 0 Å². The van der Waals surface area contributed by atoms with Crippen LogP contribution in [0.3, 0.4) is 0 Å². The summed E-state index contributed by atoms with van der Waals surface area (Å²) in [5, 5.41) is 10.7. The molecule has 0 bridgehead atoms. The minimum atomic E-state index is -3.41. The topological polar surface area (TPSA) is 57.6 Å². The van der Waals surface area contributed by atoms with Crippen molar-refractivity contribution in [3.63, 3.8) is 0 Å². The van der Waals surface area contributed by atoms with Gasteiger partial charge in [0, 0.05) is 29.6 Å². The maximum Gasteiger partial charge on any atom is 0.236 e. The summed E-state index contributed by atoms with van der Waals surface area (Å²) >= 11 is 5.80. The van der Waals surface area contributed by atoms with Gasteiger partial charge in [-0.1, -0.05) is 23.7 Å². The number of aliphatic hydroxyl groups is 1. The van der Waals surface area contributed by atoms with Crippen molar-refractivity contribution in [3.8, 4) is 0 Å². The average molecular weight is 330 g/mol. The van der Waals surface area contributed by atoms with Crippen molar-refractivity contribution in [2.75, 3.05) is 13.2 Å². The standard InChI is InChI=1S/C15H20ClNO3S/c16-14-5-3-13(4-6-14)9-12-21(19,20)17(15-7-8-15)10-1-2-11-18/h3-6,9,12,15,18H,1-2,7-8,10-11H2/b12-9+. The Hall–Kier alpha value is -0.880. The summed E-state index contributed by atoms with van der Waals surface area (Å²) in [4.78, 5) is 0. The molecule has 116 valence electrons. The molecule has 0 heterocycles. The van der Waals surface area contributed by atoms with E-state index in [1.165, 1.54) is 5.41 Å². The van der Waals surface area contributed by atoms with E-state index in [0.29, 0.717) is 24.4 Å². The smallest absolute Gasteiger partial charge is 0.236 e. The van der Waals surface area contributed by atoms with E-state index in [4.69, 9.17) is 16.7 Å². The lowest BCUT2D eigenvalue weighted by molar-refractivity contribution is 0.275. The van der Waals surface area contributed by atoms with Crippen LogP contribution in [-0.4, -0.2) is 37.0 Å². The highest BCUT2D eigenvalue weighted by Crippen LogP contribution is 2.30. The Morgan fingerprint density at radius 1 is 1.24 bits per heavy atom. The molecule has 0 spiro atoms. The normalized spacial score (nSPS) is 16.0. The molecule has 0 saturated heterocycles. The van der Waals surface area contributed by atoms with Crippen molar-refractivity contribution < 1.29 is 13.5 Å². The lowest BCUT2D eigenvalue weighted by atomic mass is 10.2. The molecule has 0 radical (unpaired) electrons. The average Bonchev–Trinajstić information content (AvgIpc) is 3.27. The van der Waals surface area contributed by atoms with Gasteiger partial charge in [-0.05, 0) is 49.5 Å². The van der Waals surface area contributed by atoms with Crippen molar-refractivity contribution in [1.82, 2.24) is 4.31 Å². The third kappa shape index (κ3) is 5.11. The first-order valence-corrected chi connectivity index (χ1v) is 8.97. The van der Waals surface area contributed by atoms with Crippen molar-refractivity contribution in [2.45, 2.75) is 31.7 Å². The third-order valence-corrected chi connectivity index (χ3v) is 5.24. The summed E-state index contributed by atoms with van der Waals surface area (Å²) in [6.45, 7) is 0.567. The van der Waals surface area contributed by atoms with Crippen LogP contribution in [0.1, 0.15) is 31.2 Å². The van der Waals surface area contributed by atoms with E-state index in [2.05, 4.69) is 0 Å². The summed E-state index contributed by atoms with van der Waals surface area (Å²) in [6, 6.07) is 7.15. The highest BCUT2D eigenvalue weighted by atomic mass is 35.5. The van der Waals surface area contributed by atoms with E-state index in [0.717, 1.165) is 18.4 Å². The van der Waals surface area contributed by atoms with E-state index in [1.807, 2.05) is 0 Å². The predicted molar refractivity (Wildman–Crippen MR) is 85.5 cm³/mol. The summed E-state index contributed by atoms with van der Waals surface area (Å²) in [5.74, 6) is 0. The van der Waals surface area contributed by atoms with Gasteiger partial charge in [-0.25, -0.2) is 8.42 Å². The molecule has 0 amide bonds. The molecular weight excluding hydrogens is 310 g/mol. The first kappa shape index (κ1) is 16.5. The molecule has 1 aromatic rings. The van der Waals surface area contributed by atoms with E-state index in [1.54, 1.807) is 34.6 Å². The highest BCUT2D eigenvalue weighted by molar-refractivity contribution is 7.92. The van der Waals surface area contributed by atoms with Crippen molar-refractivity contribution in [2.24, 2.45) is 0 Å². The minimum absolute atomic E-state index is 0.0964. The molecule has 0 atom stereocenters. The van der Waals surface area contributed by atoms with Gasteiger partial charge in [0.15, 0.2) is 0 Å². The first-order chi connectivity index (χ1) is 10.0. The fraction of sp³-hybridized carbons (Fsp3) is 0.467. The maximum absolute atomic E-state index is 12.4. The second-order valence-electron chi connectivity index (χ2n) is 5.17. The second-order valence-corrected chi connectivity index (χ2v) is 7.38. The van der Waals surface area contributed by atoms with Crippen molar-refractivity contribution >= 4 is 27.7 Å². The van der Waals surface area contributed by atoms with Crippen LogP contribution >= 0.6 is 11.6 Å². The van der Waals surface area contributed by atoms with E-state index >= 15 is 0 Å². The number of aliphatic hydroxyl groups excluding tert-OH is 1. The van der Waals surface area contributed by atoms with Gasteiger partial charge in [0.2, 0.25) is 10.0 Å². The zero-order valence-corrected chi connectivity index (χ0v) is 13.4. The van der Waals surface area contributed by atoms with Gasteiger partial charge in [0.1, 0.15) is 0 Å². The summed E-state index contributed by atoms with van der Waals surface area (Å²) < 4.78 is 26.3. The zero-order chi connectivity index (χ0) is 15.3. The molecule has 2 rings (SSSR count). The SMILES string of the molecule is O=S(=O)(/C=C/c1ccc(Cl)cc1)N(CCCCO)C1CC1. The van der Waals surface area contributed by atoms with Gasteiger partial charge >= 0.3 is 0 Å². The number of halogens is 1. The van der Waals surface area contributed by atoms with Crippen LogP contribution < -0.4 is 0 Å². The molecule has 1 fully saturated rings. The number of benzene rings is 1. The summed E-state index contributed by atoms with van der Waals surface area (Å²) in [5.41, 5.74) is 0.800. The Morgan fingerprint density at radius 3 is 2.48 bits per heavy atom. The number of hydrogen-bond donors (Lipinski definition) is 1. The van der Waals surface area contributed by atoms with Crippen LogP contribution in [0.15, 0.2) is 29.7 Å². The van der Waals surface area contributed by atoms with Crippen molar-refractivity contribution in [3.05, 3.63) is 40.3 Å². The van der Waals surface area contributed by atoms with Gasteiger partial charge in [-0.2, -0.15) is 4.31 Å². The van der Waals surface area contributed by atoms with E-state index in [-0.39, 0.29) is 12.6 Å². The van der Waals surface area contributed by atoms with Crippen LogP contribution in [0.4, 0.5) is 0 Å². The van der Waals surface area contributed by atoms with Gasteiger partial charge in [-0.15, -0.1) is 0 Å². The first-order valence-electron chi connectivity index (χ1n) is 7.09. The third-order valence-electron chi connectivity index (χ3n) is 3.37. The van der Waals surface area contributed by atoms with Crippen LogP contribution in [0.5, 0.6) is 0 Å². The Morgan fingerprint density at radius 2 is 1.90 bits per heavy atom. The molecule has 0 aliphatic heterocycles. The highest BCUT2D eigenvalue weighted by Gasteiger charge is 2.35. The molecule has 6 heteroatoms. The van der Waals surface area contributed by atoms with Gasteiger partial charge in [0.25, 0.3) is 0 Å². The predicted octanol–water partition coefficient (Wildman–Crippen LogP) is 2.88. The molecule has 0 aromatic heterocycles. The Kier molecular flexibility index (Phi) is 5.81. The minimum Gasteiger partial charge on any atom is -0.396 e. The maximum atomic E-state index is 12.4. The number of hydrogen-bond acceptors (Lipinski definition) is 3. The molecule has 1 aliphatic rings. The molecule has 1 aliphatic carbocycles. The molecule has 0 unspecified atom stereocenters. The van der Waals surface area contributed by atoms with E-state index in [9.17, 15) is 8.42 Å². The second kappa shape index (κ2) is 7.40. The Labute approximate surface area is 131 Å². The fourth-order valence-electron chi connectivity index (χ4n) is 2.08. The Bertz CT molecular complexity index is 579. The quantitative estimate of drug-likeness (QED) is 0.746. The molecule has 1 saturated carbocycles. The molecule has 1 aromatic carbocycles. The van der Waals surface area contributed by atoms with Gasteiger partial charge in [0.05, 0.1) is 0 Å². The number of nitrogens with zero attached hydrogens (tertiary/aromatic N) is 1. The van der Waals surface area contributed by atoms with Crippen LogP contribution in [-0.2, 0) is 10.0 Å². The van der Waals surface area contributed by atoms with Crippen LogP contribution in [0, 0.1) is 0 Å².